The first-order chi connectivity index (χ1) is 10.6. The fourth-order valence-corrected chi connectivity index (χ4v) is 1.89. The number of benzene rings is 2. The number of rotatable bonds is 5. The molecule has 22 heavy (non-hydrogen) atoms. The first kappa shape index (κ1) is 15.4. The fraction of sp³-hybridized carbons (Fsp3) is 0.118. The van der Waals surface area contributed by atoms with Crippen molar-refractivity contribution in [2.45, 2.75) is 0 Å². The van der Waals surface area contributed by atoms with Crippen LogP contribution in [0.1, 0.15) is 15.9 Å². The van der Waals surface area contributed by atoms with E-state index in [-0.39, 0.29) is 23.0 Å². The Morgan fingerprint density at radius 3 is 2.23 bits per heavy atom. The van der Waals surface area contributed by atoms with Gasteiger partial charge in [0.25, 0.3) is 0 Å². The van der Waals surface area contributed by atoms with Gasteiger partial charge in [0.1, 0.15) is 5.75 Å². The molecule has 0 spiro atoms. The first-order valence-corrected chi connectivity index (χ1v) is 6.52. The third-order valence-corrected chi connectivity index (χ3v) is 3.15. The zero-order valence-electron chi connectivity index (χ0n) is 12.2. The van der Waals surface area contributed by atoms with E-state index in [0.717, 1.165) is 0 Å². The molecule has 0 fully saturated rings. The van der Waals surface area contributed by atoms with Gasteiger partial charge in [-0.05, 0) is 48.6 Å². The Bertz CT molecular complexity index is 702. The van der Waals surface area contributed by atoms with Gasteiger partial charge in [-0.15, -0.1) is 0 Å². The molecule has 0 aliphatic carbocycles. The van der Waals surface area contributed by atoms with Crippen LogP contribution < -0.4 is 9.47 Å². The molecule has 0 saturated heterocycles. The number of ketones is 1. The van der Waals surface area contributed by atoms with Crippen molar-refractivity contribution < 1.29 is 24.5 Å². The summed E-state index contributed by atoms with van der Waals surface area (Å²) in [6, 6.07) is 9.74. The Labute approximate surface area is 128 Å². The van der Waals surface area contributed by atoms with Gasteiger partial charge in [0.2, 0.25) is 5.75 Å². The van der Waals surface area contributed by atoms with Crippen molar-refractivity contribution in [2.75, 3.05) is 14.2 Å². The second-order valence-electron chi connectivity index (χ2n) is 4.48. The van der Waals surface area contributed by atoms with Crippen molar-refractivity contribution in [3.05, 3.63) is 53.6 Å². The number of phenols is 2. The molecule has 0 saturated carbocycles. The van der Waals surface area contributed by atoms with Crippen LogP contribution in [0.15, 0.2) is 42.5 Å². The van der Waals surface area contributed by atoms with Crippen LogP contribution in [0.5, 0.6) is 23.0 Å². The quantitative estimate of drug-likeness (QED) is 0.504. The van der Waals surface area contributed by atoms with E-state index in [1.54, 1.807) is 37.4 Å². The van der Waals surface area contributed by atoms with Crippen LogP contribution in [0.2, 0.25) is 0 Å². The molecule has 0 bridgehead atoms. The van der Waals surface area contributed by atoms with E-state index in [0.29, 0.717) is 16.9 Å². The molecule has 0 aliphatic heterocycles. The number of phenolic OH excluding ortho intramolecular Hbond substituents is 2. The summed E-state index contributed by atoms with van der Waals surface area (Å²) < 4.78 is 9.91. The molecule has 2 rings (SSSR count). The van der Waals surface area contributed by atoms with Gasteiger partial charge in [-0.25, -0.2) is 0 Å². The van der Waals surface area contributed by atoms with Crippen molar-refractivity contribution in [1.82, 2.24) is 0 Å². The molecule has 0 aromatic heterocycles. The van der Waals surface area contributed by atoms with Gasteiger partial charge in [0, 0.05) is 11.1 Å². The van der Waals surface area contributed by atoms with Crippen molar-refractivity contribution in [1.29, 1.82) is 0 Å². The topological polar surface area (TPSA) is 76.0 Å². The minimum absolute atomic E-state index is 0.163. The Hall–Kier alpha value is -2.95. The maximum Gasteiger partial charge on any atom is 0.201 e. The molecule has 0 heterocycles. The van der Waals surface area contributed by atoms with Crippen LogP contribution in [-0.2, 0) is 0 Å². The zero-order valence-corrected chi connectivity index (χ0v) is 12.2. The second kappa shape index (κ2) is 6.67. The number of carbonyl (C=O) groups excluding carboxylic acids is 1. The van der Waals surface area contributed by atoms with Gasteiger partial charge in [-0.2, -0.15) is 0 Å². The van der Waals surface area contributed by atoms with Gasteiger partial charge in [0.05, 0.1) is 14.2 Å². The molecule has 5 heteroatoms. The number of ether oxygens (including phenoxy) is 2. The lowest BCUT2D eigenvalue weighted by Gasteiger charge is -2.07. The van der Waals surface area contributed by atoms with Crippen LogP contribution in [0.3, 0.4) is 0 Å². The summed E-state index contributed by atoms with van der Waals surface area (Å²) in [5.41, 5.74) is 0.814. The summed E-state index contributed by atoms with van der Waals surface area (Å²) in [5, 5.41) is 19.6. The third-order valence-electron chi connectivity index (χ3n) is 3.15. The summed E-state index contributed by atoms with van der Waals surface area (Å²) in [6.45, 7) is 0. The number of hydrogen-bond acceptors (Lipinski definition) is 5. The largest absolute Gasteiger partial charge is 0.504 e. The van der Waals surface area contributed by atoms with E-state index in [1.807, 2.05) is 0 Å². The highest BCUT2D eigenvalue weighted by atomic mass is 16.5. The van der Waals surface area contributed by atoms with Crippen LogP contribution in [-0.4, -0.2) is 30.2 Å². The summed E-state index contributed by atoms with van der Waals surface area (Å²) in [5.74, 6) is -0.0913. The number of methoxy groups -OCH3 is 2. The fourth-order valence-electron chi connectivity index (χ4n) is 1.89. The van der Waals surface area contributed by atoms with Crippen molar-refractivity contribution in [3.8, 4) is 23.0 Å². The van der Waals surface area contributed by atoms with Crippen LogP contribution in [0, 0.1) is 0 Å². The number of hydrogen-bond donors (Lipinski definition) is 2. The molecule has 0 amide bonds. The van der Waals surface area contributed by atoms with E-state index in [9.17, 15) is 15.0 Å². The predicted molar refractivity (Wildman–Crippen MR) is 82.7 cm³/mol. The van der Waals surface area contributed by atoms with Crippen molar-refractivity contribution in [3.63, 3.8) is 0 Å². The summed E-state index contributed by atoms with van der Waals surface area (Å²) in [4.78, 5) is 12.0. The maximum atomic E-state index is 12.0. The lowest BCUT2D eigenvalue weighted by atomic mass is 10.1. The molecule has 5 nitrogen and oxygen atoms in total. The van der Waals surface area contributed by atoms with E-state index in [1.165, 1.54) is 25.3 Å². The van der Waals surface area contributed by atoms with E-state index >= 15 is 0 Å². The molecule has 0 aliphatic rings. The van der Waals surface area contributed by atoms with E-state index < -0.39 is 0 Å². The van der Waals surface area contributed by atoms with Gasteiger partial charge in [0.15, 0.2) is 17.3 Å². The van der Waals surface area contributed by atoms with E-state index in [4.69, 9.17) is 9.47 Å². The lowest BCUT2D eigenvalue weighted by Crippen LogP contribution is -1.94. The number of allylic oxidation sites excluding steroid dienone is 1. The minimum Gasteiger partial charge on any atom is -0.504 e. The number of carbonyl (C=O) groups is 1. The molecule has 0 unspecified atom stereocenters. The monoisotopic (exact) mass is 300 g/mol. The van der Waals surface area contributed by atoms with Crippen molar-refractivity contribution >= 4 is 11.9 Å². The minimum atomic E-state index is -0.360. The normalized spacial score (nSPS) is 10.6. The van der Waals surface area contributed by atoms with Gasteiger partial charge in [-0.3, -0.25) is 4.79 Å². The summed E-state index contributed by atoms with van der Waals surface area (Å²) >= 11 is 0. The number of aromatic hydroxyl groups is 2. The SMILES string of the molecule is COc1ccc(C(=O)C=Cc2ccc(OC)c(O)c2O)cc1. The Morgan fingerprint density at radius 1 is 0.955 bits per heavy atom. The molecule has 2 aromatic carbocycles. The van der Waals surface area contributed by atoms with Gasteiger partial charge < -0.3 is 19.7 Å². The average molecular weight is 300 g/mol. The Kier molecular flexibility index (Phi) is 4.68. The lowest BCUT2D eigenvalue weighted by molar-refractivity contribution is 0.104. The zero-order chi connectivity index (χ0) is 16.1. The summed E-state index contributed by atoms with van der Waals surface area (Å²) in [7, 11) is 2.94. The maximum absolute atomic E-state index is 12.0. The smallest absolute Gasteiger partial charge is 0.201 e. The van der Waals surface area contributed by atoms with Gasteiger partial charge in [-0.1, -0.05) is 0 Å². The third kappa shape index (κ3) is 3.20. The van der Waals surface area contributed by atoms with Gasteiger partial charge >= 0.3 is 0 Å². The molecule has 0 radical (unpaired) electrons. The van der Waals surface area contributed by atoms with Crippen LogP contribution in [0.4, 0.5) is 0 Å². The van der Waals surface area contributed by atoms with Crippen LogP contribution in [0.25, 0.3) is 6.08 Å². The Balaban J connectivity index is 2.20. The van der Waals surface area contributed by atoms with Crippen molar-refractivity contribution in [2.24, 2.45) is 0 Å². The summed E-state index contributed by atoms with van der Waals surface area (Å²) in [6.07, 6.45) is 2.75. The van der Waals surface area contributed by atoms with Crippen LogP contribution >= 0.6 is 0 Å². The first-order valence-electron chi connectivity index (χ1n) is 6.52. The molecule has 2 aromatic rings. The Morgan fingerprint density at radius 2 is 1.64 bits per heavy atom. The average Bonchev–Trinajstić information content (AvgIpc) is 2.56. The molecular formula is C17H16O5. The highest BCUT2D eigenvalue weighted by Crippen LogP contribution is 2.38. The highest BCUT2D eigenvalue weighted by molar-refractivity contribution is 6.07. The second-order valence-corrected chi connectivity index (χ2v) is 4.48. The van der Waals surface area contributed by atoms with E-state index in [2.05, 4.69) is 0 Å². The molecule has 0 atom stereocenters. The highest BCUT2D eigenvalue weighted by Gasteiger charge is 2.10. The predicted octanol–water partition coefficient (Wildman–Crippen LogP) is 3.01. The molecule has 114 valence electrons. The molecular weight excluding hydrogens is 284 g/mol. The molecule has 2 N–H and O–H groups in total. The standard InChI is InChI=1S/C17H16O5/c1-21-13-7-3-11(4-8-13)14(18)9-5-12-6-10-15(22-2)17(20)16(12)19/h3-10,19-20H,1-2H3.